The normalized spacial score (nSPS) is 13.2. The van der Waals surface area contributed by atoms with Crippen LogP contribution in [0.1, 0.15) is 49.5 Å². The molecule has 0 spiro atoms. The third-order valence-electron chi connectivity index (χ3n) is 4.58. The van der Waals surface area contributed by atoms with Crippen molar-refractivity contribution in [2.24, 2.45) is 11.7 Å². The van der Waals surface area contributed by atoms with Crippen LogP contribution in [-0.4, -0.2) is 11.9 Å². The van der Waals surface area contributed by atoms with Gasteiger partial charge in [-0.25, -0.2) is 4.79 Å². The molecule has 5 nitrogen and oxygen atoms in total. The Morgan fingerprint density at radius 1 is 1.00 bits per heavy atom. The summed E-state index contributed by atoms with van der Waals surface area (Å²) in [5.41, 5.74) is 8.43. The maximum Gasteiger partial charge on any atom is 0.319 e. The van der Waals surface area contributed by atoms with E-state index in [9.17, 15) is 9.59 Å². The summed E-state index contributed by atoms with van der Waals surface area (Å²) in [5, 5.41) is 4.24. The molecule has 3 amide bonds. The first-order valence-corrected chi connectivity index (χ1v) is 9.01. The van der Waals surface area contributed by atoms with Crippen LogP contribution in [0, 0.1) is 5.92 Å². The Morgan fingerprint density at radius 2 is 1.62 bits per heavy atom. The number of nitrogens with one attached hydrogen (secondary N) is 1. The number of amides is 3. The molecule has 0 unspecified atom stereocenters. The highest BCUT2D eigenvalue weighted by Gasteiger charge is 2.31. The van der Waals surface area contributed by atoms with Crippen molar-refractivity contribution in [2.75, 3.05) is 0 Å². The van der Waals surface area contributed by atoms with E-state index < -0.39 is 18.0 Å². The third-order valence-corrected chi connectivity index (χ3v) is 4.58. The lowest BCUT2D eigenvalue weighted by Gasteiger charge is -2.25. The number of hydrogen-bond donors (Lipinski definition) is 3. The van der Waals surface area contributed by atoms with E-state index in [0.717, 1.165) is 17.5 Å². The van der Waals surface area contributed by atoms with Crippen LogP contribution in [0.4, 0.5) is 4.79 Å². The number of urea groups is 1. The molecule has 138 valence electrons. The summed E-state index contributed by atoms with van der Waals surface area (Å²) in [6, 6.07) is 16.6. The molecule has 5 N–H and O–H groups in total. The number of rotatable bonds is 7. The second kappa shape index (κ2) is 9.15. The predicted molar refractivity (Wildman–Crippen MR) is 102 cm³/mol. The maximum atomic E-state index is 12.6. The van der Waals surface area contributed by atoms with Crippen molar-refractivity contribution in [3.63, 3.8) is 0 Å². The molecule has 0 aliphatic rings. The molecule has 2 aromatic rings. The molecule has 0 fully saturated rings. The van der Waals surface area contributed by atoms with Crippen molar-refractivity contribution < 1.29 is 14.9 Å². The topological polar surface area (TPSA) is 88.8 Å². The zero-order chi connectivity index (χ0) is 19.1. The Labute approximate surface area is 155 Å². The van der Waals surface area contributed by atoms with E-state index in [1.165, 1.54) is 5.56 Å². The molecule has 5 heteroatoms. The lowest BCUT2D eigenvalue weighted by Crippen LogP contribution is -2.89. The van der Waals surface area contributed by atoms with Crippen molar-refractivity contribution in [2.45, 2.75) is 39.3 Å². The summed E-state index contributed by atoms with van der Waals surface area (Å²) in [6.07, 6.45) is 0.990. The van der Waals surface area contributed by atoms with Gasteiger partial charge in [-0.05, 0) is 12.0 Å². The molecule has 2 atom stereocenters. The van der Waals surface area contributed by atoms with Crippen LogP contribution in [0.2, 0.25) is 0 Å². The van der Waals surface area contributed by atoms with E-state index in [-0.39, 0.29) is 6.04 Å². The first-order chi connectivity index (χ1) is 12.4. The fraction of sp³-hybridized carbons (Fsp3) is 0.333. The van der Waals surface area contributed by atoms with Crippen LogP contribution in [0.3, 0.4) is 0 Å². The van der Waals surface area contributed by atoms with Gasteiger partial charge in [0.25, 0.3) is 5.91 Å². The predicted octanol–water partition coefficient (Wildman–Crippen LogP) is 2.45. The van der Waals surface area contributed by atoms with E-state index in [2.05, 4.69) is 50.4 Å². The molecule has 0 saturated carbocycles. The van der Waals surface area contributed by atoms with Crippen molar-refractivity contribution in [1.29, 1.82) is 0 Å². The van der Waals surface area contributed by atoms with Crippen LogP contribution in [0.25, 0.3) is 0 Å². The second-order valence-electron chi connectivity index (χ2n) is 6.80. The van der Waals surface area contributed by atoms with Gasteiger partial charge in [-0.2, -0.15) is 0 Å². The lowest BCUT2D eigenvalue weighted by atomic mass is 9.93. The number of nitrogens with two attached hydrogens (primary N) is 2. The highest BCUT2D eigenvalue weighted by atomic mass is 16.2. The third kappa shape index (κ3) is 5.17. The highest BCUT2D eigenvalue weighted by molar-refractivity contribution is 5.96. The Balaban J connectivity index is 2.32. The number of imide groups is 1. The Kier molecular flexibility index (Phi) is 6.92. The lowest BCUT2D eigenvalue weighted by molar-refractivity contribution is -0.728. The smallest absolute Gasteiger partial charge is 0.319 e. The van der Waals surface area contributed by atoms with E-state index in [0.29, 0.717) is 5.92 Å². The van der Waals surface area contributed by atoms with Gasteiger partial charge in [0.05, 0.1) is 0 Å². The number of hydrogen-bond acceptors (Lipinski definition) is 2. The van der Waals surface area contributed by atoms with E-state index in [4.69, 9.17) is 5.73 Å². The van der Waals surface area contributed by atoms with Crippen molar-refractivity contribution in [1.82, 2.24) is 5.32 Å². The minimum Gasteiger partial charge on any atom is -0.351 e. The molecular formula is C21H28N3O2+. The highest BCUT2D eigenvalue weighted by Crippen LogP contribution is 2.21. The number of primary amides is 1. The number of carbonyl (C=O) groups is 2. The van der Waals surface area contributed by atoms with E-state index in [1.54, 1.807) is 0 Å². The van der Waals surface area contributed by atoms with Gasteiger partial charge in [0.2, 0.25) is 0 Å². The molecule has 0 heterocycles. The van der Waals surface area contributed by atoms with Gasteiger partial charge < -0.3 is 11.1 Å². The van der Waals surface area contributed by atoms with Crippen LogP contribution >= 0.6 is 0 Å². The summed E-state index contributed by atoms with van der Waals surface area (Å²) >= 11 is 0. The Hall–Kier alpha value is -2.66. The molecule has 2 aromatic carbocycles. The molecule has 26 heavy (non-hydrogen) atoms. The van der Waals surface area contributed by atoms with Gasteiger partial charge in [-0.3, -0.25) is 10.1 Å². The number of benzene rings is 2. The molecule has 0 aromatic heterocycles. The molecule has 0 radical (unpaired) electrons. The van der Waals surface area contributed by atoms with Crippen LogP contribution in [0.5, 0.6) is 0 Å². The number of quaternary nitrogens is 1. The number of carbonyl (C=O) groups excluding carboxylic acids is 2. The average Bonchev–Trinajstić information content (AvgIpc) is 2.62. The standard InChI is InChI=1S/C21H27N3O2/c1-4-15-10-12-17(13-11-15)18(14(2)3)23-19(20(25)24-21(22)26)16-8-6-5-7-9-16/h5-14,18-19,23H,4H2,1-3H3,(H3,22,24,25,26)/p+1/t18-,19+/m1/s1. The number of aryl methyl sites for hydroxylation is 1. The molecular weight excluding hydrogens is 326 g/mol. The van der Waals surface area contributed by atoms with E-state index in [1.807, 2.05) is 35.6 Å². The summed E-state index contributed by atoms with van der Waals surface area (Å²) < 4.78 is 0. The second-order valence-corrected chi connectivity index (χ2v) is 6.80. The van der Waals surface area contributed by atoms with Crippen molar-refractivity contribution >= 4 is 11.9 Å². The monoisotopic (exact) mass is 354 g/mol. The van der Waals surface area contributed by atoms with Crippen LogP contribution in [-0.2, 0) is 11.2 Å². The first-order valence-electron chi connectivity index (χ1n) is 9.01. The Morgan fingerprint density at radius 3 is 2.12 bits per heavy atom. The van der Waals surface area contributed by atoms with Gasteiger partial charge in [0.15, 0.2) is 6.04 Å². The first kappa shape index (κ1) is 19.7. The molecule has 0 aliphatic heterocycles. The van der Waals surface area contributed by atoms with Gasteiger partial charge >= 0.3 is 6.03 Å². The average molecular weight is 354 g/mol. The van der Waals surface area contributed by atoms with Gasteiger partial charge in [-0.15, -0.1) is 0 Å². The van der Waals surface area contributed by atoms with Crippen molar-refractivity contribution in [3.05, 3.63) is 71.3 Å². The van der Waals surface area contributed by atoms with Crippen molar-refractivity contribution in [3.8, 4) is 0 Å². The summed E-state index contributed by atoms with van der Waals surface area (Å²) in [6.45, 7) is 6.38. The molecule has 0 aliphatic carbocycles. The van der Waals surface area contributed by atoms with Gasteiger partial charge in [0.1, 0.15) is 6.04 Å². The zero-order valence-corrected chi connectivity index (χ0v) is 15.6. The quantitative estimate of drug-likeness (QED) is 0.713. The minimum absolute atomic E-state index is 0.0738. The molecule has 0 bridgehead atoms. The summed E-state index contributed by atoms with van der Waals surface area (Å²) in [5.74, 6) is -0.102. The van der Waals surface area contributed by atoms with Crippen LogP contribution < -0.4 is 16.4 Å². The van der Waals surface area contributed by atoms with Gasteiger partial charge in [0, 0.05) is 17.0 Å². The van der Waals surface area contributed by atoms with Crippen LogP contribution in [0.15, 0.2) is 54.6 Å². The SMILES string of the molecule is CCc1ccc([C@H]([NH2+][C@H](C(=O)NC(N)=O)c2ccccc2)C(C)C)cc1. The minimum atomic E-state index is -0.835. The Bertz CT molecular complexity index is 727. The maximum absolute atomic E-state index is 12.6. The zero-order valence-electron chi connectivity index (χ0n) is 15.6. The van der Waals surface area contributed by atoms with E-state index >= 15 is 0 Å². The summed E-state index contributed by atoms with van der Waals surface area (Å²) in [7, 11) is 0. The fourth-order valence-corrected chi connectivity index (χ4v) is 3.11. The summed E-state index contributed by atoms with van der Waals surface area (Å²) in [4.78, 5) is 23.8. The molecule has 2 rings (SSSR count). The van der Waals surface area contributed by atoms with Gasteiger partial charge in [-0.1, -0.05) is 75.4 Å². The molecule has 0 saturated heterocycles. The largest absolute Gasteiger partial charge is 0.351 e. The fourth-order valence-electron chi connectivity index (χ4n) is 3.11.